The second-order valence-electron chi connectivity index (χ2n) is 2.02. The third-order valence-corrected chi connectivity index (χ3v) is 0.953. The Balaban J connectivity index is 3.60. The minimum absolute atomic E-state index is 0.0929. The fraction of sp³-hybridized carbons (Fsp3) is 0.400. The zero-order valence-electron chi connectivity index (χ0n) is 6.32. The molecule has 1 unspecified atom stereocenters. The number of guanidine groups is 1. The van der Waals surface area contributed by atoms with E-state index in [0.29, 0.717) is 0 Å². The first-order valence-electron chi connectivity index (χ1n) is 3.14. The Morgan fingerprint density at radius 1 is 1.83 bits per heavy atom. The molecule has 0 amide bonds. The Morgan fingerprint density at radius 2 is 2.42 bits per heavy atom. The monoisotopic (exact) mass is 173 g/mol. The summed E-state index contributed by atoms with van der Waals surface area (Å²) < 4.78 is 0. The van der Waals surface area contributed by atoms with Crippen LogP contribution < -0.4 is 16.9 Å². The highest BCUT2D eigenvalue weighted by molar-refractivity contribution is 5.78. The van der Waals surface area contributed by atoms with Gasteiger partial charge in [0.15, 0.2) is 0 Å². The SMILES string of the molecule is N=C(N)NN=CCC(N)C(=O)O. The average molecular weight is 173 g/mol. The van der Waals surface area contributed by atoms with E-state index >= 15 is 0 Å². The molecule has 0 aromatic heterocycles. The molecule has 0 aliphatic rings. The maximum atomic E-state index is 10.2. The largest absolute Gasteiger partial charge is 0.480 e. The number of nitrogens with one attached hydrogen (secondary N) is 2. The van der Waals surface area contributed by atoms with Crippen LogP contribution in [-0.4, -0.2) is 29.3 Å². The normalized spacial score (nSPS) is 12.8. The summed E-state index contributed by atoms with van der Waals surface area (Å²) in [5.74, 6) is -1.40. The fourth-order valence-electron chi connectivity index (χ4n) is 0.382. The molecule has 12 heavy (non-hydrogen) atoms. The summed E-state index contributed by atoms with van der Waals surface area (Å²) >= 11 is 0. The Kier molecular flexibility index (Phi) is 4.39. The summed E-state index contributed by atoms with van der Waals surface area (Å²) in [4.78, 5) is 10.2. The van der Waals surface area contributed by atoms with Crippen molar-refractivity contribution in [2.75, 3.05) is 0 Å². The molecule has 0 saturated carbocycles. The van der Waals surface area contributed by atoms with Gasteiger partial charge in [0, 0.05) is 12.6 Å². The van der Waals surface area contributed by atoms with Gasteiger partial charge in [-0.15, -0.1) is 0 Å². The van der Waals surface area contributed by atoms with Crippen molar-refractivity contribution < 1.29 is 9.90 Å². The molecule has 0 radical (unpaired) electrons. The first-order chi connectivity index (χ1) is 5.54. The summed E-state index contributed by atoms with van der Waals surface area (Å²) in [5, 5.41) is 18.4. The van der Waals surface area contributed by atoms with Gasteiger partial charge in [0.05, 0.1) is 0 Å². The van der Waals surface area contributed by atoms with Gasteiger partial charge in [0.25, 0.3) is 0 Å². The molecule has 0 bridgehead atoms. The van der Waals surface area contributed by atoms with Crippen LogP contribution in [0.3, 0.4) is 0 Å². The lowest BCUT2D eigenvalue weighted by Crippen LogP contribution is -2.31. The number of nitrogens with zero attached hydrogens (tertiary/aromatic N) is 1. The first kappa shape index (κ1) is 10.4. The number of carbonyl (C=O) groups is 1. The van der Waals surface area contributed by atoms with Gasteiger partial charge >= 0.3 is 5.97 Å². The third kappa shape index (κ3) is 5.18. The Labute approximate surface area is 68.9 Å². The van der Waals surface area contributed by atoms with Crippen LogP contribution in [-0.2, 0) is 4.79 Å². The molecule has 0 aromatic rings. The smallest absolute Gasteiger partial charge is 0.320 e. The van der Waals surface area contributed by atoms with E-state index in [1.54, 1.807) is 0 Å². The zero-order chi connectivity index (χ0) is 9.56. The van der Waals surface area contributed by atoms with Gasteiger partial charge in [0.1, 0.15) is 6.04 Å². The fourth-order valence-corrected chi connectivity index (χ4v) is 0.382. The Bertz CT molecular complexity index is 202. The number of nitrogens with two attached hydrogens (primary N) is 2. The van der Waals surface area contributed by atoms with E-state index in [0.717, 1.165) is 0 Å². The molecule has 0 aliphatic carbocycles. The molecule has 1 atom stereocenters. The highest BCUT2D eigenvalue weighted by atomic mass is 16.4. The van der Waals surface area contributed by atoms with Crippen molar-refractivity contribution in [2.24, 2.45) is 16.6 Å². The quantitative estimate of drug-likeness (QED) is 0.195. The standard InChI is InChI=1S/C5H11N5O2/c6-3(4(11)12)1-2-9-10-5(7)8/h2-3H,1,6H2,(H,11,12)(H4,7,8,10). The summed E-state index contributed by atoms with van der Waals surface area (Å²) in [6.07, 6.45) is 1.34. The highest BCUT2D eigenvalue weighted by Crippen LogP contribution is 1.82. The van der Waals surface area contributed by atoms with Crippen molar-refractivity contribution in [1.29, 1.82) is 5.41 Å². The van der Waals surface area contributed by atoms with Gasteiger partial charge in [-0.2, -0.15) is 5.10 Å². The lowest BCUT2D eigenvalue weighted by atomic mass is 10.2. The molecule has 68 valence electrons. The van der Waals surface area contributed by atoms with E-state index in [4.69, 9.17) is 22.0 Å². The lowest BCUT2D eigenvalue weighted by molar-refractivity contribution is -0.138. The molecule has 0 saturated heterocycles. The van der Waals surface area contributed by atoms with Crippen molar-refractivity contribution in [3.63, 3.8) is 0 Å². The van der Waals surface area contributed by atoms with Gasteiger partial charge in [-0.1, -0.05) is 0 Å². The third-order valence-electron chi connectivity index (χ3n) is 0.953. The molecular weight excluding hydrogens is 162 g/mol. The van der Waals surface area contributed by atoms with Crippen LogP contribution in [0.5, 0.6) is 0 Å². The van der Waals surface area contributed by atoms with Crippen molar-refractivity contribution >= 4 is 18.1 Å². The van der Waals surface area contributed by atoms with E-state index in [1.165, 1.54) is 6.21 Å². The van der Waals surface area contributed by atoms with Crippen LogP contribution in [0.4, 0.5) is 0 Å². The van der Waals surface area contributed by atoms with E-state index < -0.39 is 12.0 Å². The predicted molar refractivity (Wildman–Crippen MR) is 43.8 cm³/mol. The van der Waals surface area contributed by atoms with E-state index in [-0.39, 0.29) is 12.4 Å². The molecular formula is C5H11N5O2. The summed E-state index contributed by atoms with van der Waals surface area (Å²) in [6.45, 7) is 0. The molecule has 0 heterocycles. The average Bonchev–Trinajstić information content (AvgIpc) is 1.97. The summed E-state index contributed by atoms with van der Waals surface area (Å²) in [6, 6.07) is -0.970. The van der Waals surface area contributed by atoms with Crippen LogP contribution in [0.25, 0.3) is 0 Å². The van der Waals surface area contributed by atoms with Crippen molar-refractivity contribution in [3.8, 4) is 0 Å². The summed E-state index contributed by atoms with van der Waals surface area (Å²) in [5.41, 5.74) is 12.1. The number of carboxylic acid groups (broad SMARTS) is 1. The van der Waals surface area contributed by atoms with E-state index in [2.05, 4.69) is 10.5 Å². The molecule has 7 heteroatoms. The van der Waals surface area contributed by atoms with Gasteiger partial charge in [-0.25, -0.2) is 5.43 Å². The molecule has 7 nitrogen and oxygen atoms in total. The predicted octanol–water partition coefficient (Wildman–Crippen LogP) is -1.74. The van der Waals surface area contributed by atoms with Crippen molar-refractivity contribution in [3.05, 3.63) is 0 Å². The summed E-state index contributed by atoms with van der Waals surface area (Å²) in [7, 11) is 0. The van der Waals surface area contributed by atoms with E-state index in [1.807, 2.05) is 0 Å². The van der Waals surface area contributed by atoms with Crippen molar-refractivity contribution in [2.45, 2.75) is 12.5 Å². The molecule has 0 aliphatic heterocycles. The number of rotatable bonds is 4. The van der Waals surface area contributed by atoms with Gasteiger partial charge < -0.3 is 16.6 Å². The van der Waals surface area contributed by atoms with Crippen LogP contribution in [0.2, 0.25) is 0 Å². The number of hydrogen-bond donors (Lipinski definition) is 5. The second kappa shape index (κ2) is 5.08. The Hall–Kier alpha value is -1.63. The number of hydrogen-bond acceptors (Lipinski definition) is 4. The number of carboxylic acids is 1. The topological polar surface area (TPSA) is 138 Å². The molecule has 0 fully saturated rings. The van der Waals surface area contributed by atoms with Gasteiger partial charge in [-0.05, 0) is 0 Å². The maximum absolute atomic E-state index is 10.2. The molecule has 7 N–H and O–H groups in total. The maximum Gasteiger partial charge on any atom is 0.320 e. The van der Waals surface area contributed by atoms with Crippen LogP contribution >= 0.6 is 0 Å². The van der Waals surface area contributed by atoms with Crippen molar-refractivity contribution in [1.82, 2.24) is 5.43 Å². The molecule has 0 aromatic carbocycles. The minimum atomic E-state index is -1.09. The molecule has 0 rings (SSSR count). The van der Waals surface area contributed by atoms with Crippen LogP contribution in [0, 0.1) is 5.41 Å². The first-order valence-corrected chi connectivity index (χ1v) is 3.14. The Morgan fingerprint density at radius 3 is 2.83 bits per heavy atom. The highest BCUT2D eigenvalue weighted by Gasteiger charge is 2.08. The van der Waals surface area contributed by atoms with Gasteiger partial charge in [-0.3, -0.25) is 10.2 Å². The molecule has 0 spiro atoms. The lowest BCUT2D eigenvalue weighted by Gasteiger charge is -1.99. The number of hydrazone groups is 1. The second-order valence-corrected chi connectivity index (χ2v) is 2.02. The minimum Gasteiger partial charge on any atom is -0.480 e. The zero-order valence-corrected chi connectivity index (χ0v) is 6.32. The van der Waals surface area contributed by atoms with Crippen LogP contribution in [0.15, 0.2) is 5.10 Å². The number of aliphatic carboxylic acids is 1. The van der Waals surface area contributed by atoms with Crippen LogP contribution in [0.1, 0.15) is 6.42 Å². The van der Waals surface area contributed by atoms with Gasteiger partial charge in [0.2, 0.25) is 5.96 Å². The van der Waals surface area contributed by atoms with E-state index in [9.17, 15) is 4.79 Å².